The van der Waals surface area contributed by atoms with Gasteiger partial charge < -0.3 is 14.8 Å². The van der Waals surface area contributed by atoms with Crippen LogP contribution in [0.1, 0.15) is 43.9 Å². The number of alkyl halides is 3. The number of ether oxygens (including phenoxy) is 2. The molecule has 1 aromatic rings. The second kappa shape index (κ2) is 8.22. The van der Waals surface area contributed by atoms with Crippen LogP contribution in [-0.2, 0) is 27.1 Å². The summed E-state index contributed by atoms with van der Waals surface area (Å²) in [7, 11) is 0. The first-order valence-corrected chi connectivity index (χ1v) is 7.67. The monoisotopic (exact) mass is 361 g/mol. The number of amides is 1. The molecule has 0 spiro atoms. The molecule has 0 aliphatic rings. The van der Waals surface area contributed by atoms with Gasteiger partial charge in [-0.3, -0.25) is 4.79 Å². The molecule has 0 bridgehead atoms. The number of benzene rings is 1. The third-order valence-corrected chi connectivity index (χ3v) is 2.85. The van der Waals surface area contributed by atoms with E-state index >= 15 is 0 Å². The summed E-state index contributed by atoms with van der Waals surface area (Å²) in [5.41, 5.74) is -0.760. The summed E-state index contributed by atoms with van der Waals surface area (Å²) >= 11 is 0. The first-order valence-electron chi connectivity index (χ1n) is 7.67. The quantitative estimate of drug-likeness (QED) is 0.806. The van der Waals surface area contributed by atoms with Crippen LogP contribution in [0.3, 0.4) is 0 Å². The van der Waals surface area contributed by atoms with Crippen molar-refractivity contribution in [3.8, 4) is 0 Å². The average molecular weight is 361 g/mol. The topological polar surface area (TPSA) is 64.6 Å². The van der Waals surface area contributed by atoms with Gasteiger partial charge >= 0.3 is 18.2 Å². The second-order valence-electron chi connectivity index (χ2n) is 6.54. The van der Waals surface area contributed by atoms with Crippen LogP contribution in [0, 0.1) is 6.92 Å². The zero-order valence-corrected chi connectivity index (χ0v) is 14.6. The Bertz CT molecular complexity index is 621. The number of nitrogens with one attached hydrogen (secondary N) is 1. The Balaban J connectivity index is 2.45. The van der Waals surface area contributed by atoms with E-state index in [4.69, 9.17) is 9.47 Å². The van der Waals surface area contributed by atoms with E-state index < -0.39 is 29.4 Å². The molecule has 0 aromatic heterocycles. The summed E-state index contributed by atoms with van der Waals surface area (Å²) in [6.07, 6.45) is -5.32. The standard InChI is InChI=1S/C17H22F3NO4/c1-11-7-12(9-13(8-11)17(18,19)20)10-24-15(23)21-6-5-14(22)25-16(2,3)4/h7-9H,5-6,10H2,1-4H3,(H,21,23). The van der Waals surface area contributed by atoms with Gasteiger partial charge in [0.25, 0.3) is 0 Å². The van der Waals surface area contributed by atoms with Crippen molar-refractivity contribution in [2.24, 2.45) is 0 Å². The molecular weight excluding hydrogens is 339 g/mol. The van der Waals surface area contributed by atoms with E-state index in [0.717, 1.165) is 12.1 Å². The molecule has 5 nitrogen and oxygen atoms in total. The summed E-state index contributed by atoms with van der Waals surface area (Å²) < 4.78 is 48.2. The van der Waals surface area contributed by atoms with E-state index in [1.807, 2.05) is 0 Å². The third-order valence-electron chi connectivity index (χ3n) is 2.85. The van der Waals surface area contributed by atoms with Gasteiger partial charge in [0.1, 0.15) is 12.2 Å². The lowest BCUT2D eigenvalue weighted by Gasteiger charge is -2.19. The highest BCUT2D eigenvalue weighted by Gasteiger charge is 2.30. The minimum atomic E-state index is -4.46. The lowest BCUT2D eigenvalue weighted by atomic mass is 10.1. The predicted octanol–water partition coefficient (Wildman–Crippen LogP) is 3.97. The Morgan fingerprint density at radius 1 is 1.12 bits per heavy atom. The van der Waals surface area contributed by atoms with E-state index in [2.05, 4.69) is 5.32 Å². The van der Waals surface area contributed by atoms with E-state index in [9.17, 15) is 22.8 Å². The van der Waals surface area contributed by atoms with Crippen molar-refractivity contribution in [2.75, 3.05) is 6.54 Å². The summed E-state index contributed by atoms with van der Waals surface area (Å²) in [6.45, 7) is 6.41. The van der Waals surface area contributed by atoms with E-state index in [1.54, 1.807) is 20.8 Å². The number of esters is 1. The van der Waals surface area contributed by atoms with Crippen LogP contribution in [0.15, 0.2) is 18.2 Å². The lowest BCUT2D eigenvalue weighted by Crippen LogP contribution is -2.29. The van der Waals surface area contributed by atoms with Gasteiger partial charge in [0.05, 0.1) is 12.0 Å². The largest absolute Gasteiger partial charge is 0.460 e. The van der Waals surface area contributed by atoms with Gasteiger partial charge in [-0.05, 0) is 45.4 Å². The van der Waals surface area contributed by atoms with Gasteiger partial charge in [-0.15, -0.1) is 0 Å². The van der Waals surface area contributed by atoms with Crippen LogP contribution >= 0.6 is 0 Å². The molecule has 0 radical (unpaired) electrons. The van der Waals surface area contributed by atoms with Crippen molar-refractivity contribution in [1.29, 1.82) is 0 Å². The normalized spacial score (nSPS) is 11.8. The minimum Gasteiger partial charge on any atom is -0.460 e. The molecule has 0 aliphatic heterocycles. The van der Waals surface area contributed by atoms with Gasteiger partial charge in [-0.25, -0.2) is 4.79 Å². The number of rotatable bonds is 5. The fourth-order valence-corrected chi connectivity index (χ4v) is 1.97. The van der Waals surface area contributed by atoms with Gasteiger partial charge in [0, 0.05) is 6.54 Å². The molecule has 1 rings (SSSR count). The highest BCUT2D eigenvalue weighted by atomic mass is 19.4. The van der Waals surface area contributed by atoms with Gasteiger partial charge in [-0.1, -0.05) is 11.6 Å². The molecule has 1 amide bonds. The SMILES string of the molecule is Cc1cc(COC(=O)NCCC(=O)OC(C)(C)C)cc(C(F)(F)F)c1. The summed E-state index contributed by atoms with van der Waals surface area (Å²) in [4.78, 5) is 23.0. The molecule has 140 valence electrons. The number of hydrogen-bond donors (Lipinski definition) is 1. The molecule has 0 saturated heterocycles. The summed E-state index contributed by atoms with van der Waals surface area (Å²) in [5.74, 6) is -0.471. The van der Waals surface area contributed by atoms with Crippen LogP contribution in [0.25, 0.3) is 0 Å². The van der Waals surface area contributed by atoms with Gasteiger partial charge in [0.2, 0.25) is 0 Å². The van der Waals surface area contributed by atoms with Crippen molar-refractivity contribution in [3.63, 3.8) is 0 Å². The first kappa shape index (κ1) is 20.8. The molecule has 25 heavy (non-hydrogen) atoms. The van der Waals surface area contributed by atoms with E-state index in [0.29, 0.717) is 5.56 Å². The van der Waals surface area contributed by atoms with Crippen LogP contribution in [0.2, 0.25) is 0 Å². The molecular formula is C17H22F3NO4. The van der Waals surface area contributed by atoms with Gasteiger partial charge in [-0.2, -0.15) is 13.2 Å². The smallest absolute Gasteiger partial charge is 0.416 e. The average Bonchev–Trinajstić information content (AvgIpc) is 2.41. The Hall–Kier alpha value is -2.25. The Morgan fingerprint density at radius 2 is 1.76 bits per heavy atom. The minimum absolute atomic E-state index is 0.00929. The molecule has 0 heterocycles. The van der Waals surface area contributed by atoms with Gasteiger partial charge in [0.15, 0.2) is 0 Å². The molecule has 0 aliphatic carbocycles. The summed E-state index contributed by atoms with van der Waals surface area (Å²) in [5, 5.41) is 2.34. The molecule has 0 fully saturated rings. The second-order valence-corrected chi connectivity index (χ2v) is 6.54. The van der Waals surface area contributed by atoms with Crippen LogP contribution in [0.5, 0.6) is 0 Å². The number of carbonyl (C=O) groups is 2. The highest BCUT2D eigenvalue weighted by Crippen LogP contribution is 2.30. The Labute approximate surface area is 144 Å². The maximum absolute atomic E-state index is 12.7. The number of halogens is 3. The molecule has 0 atom stereocenters. The fraction of sp³-hybridized carbons (Fsp3) is 0.529. The molecule has 0 unspecified atom stereocenters. The van der Waals surface area contributed by atoms with Crippen LogP contribution in [-0.4, -0.2) is 24.2 Å². The van der Waals surface area contributed by atoms with Crippen molar-refractivity contribution >= 4 is 12.1 Å². The predicted molar refractivity (Wildman–Crippen MR) is 84.8 cm³/mol. The number of hydrogen-bond acceptors (Lipinski definition) is 4. The Morgan fingerprint density at radius 3 is 2.32 bits per heavy atom. The fourth-order valence-electron chi connectivity index (χ4n) is 1.97. The molecule has 8 heteroatoms. The third kappa shape index (κ3) is 8.42. The van der Waals surface area contributed by atoms with E-state index in [1.165, 1.54) is 13.0 Å². The maximum atomic E-state index is 12.7. The molecule has 0 saturated carbocycles. The highest BCUT2D eigenvalue weighted by molar-refractivity contribution is 5.72. The lowest BCUT2D eigenvalue weighted by molar-refractivity contribution is -0.154. The van der Waals surface area contributed by atoms with E-state index in [-0.39, 0.29) is 25.1 Å². The molecule has 1 N–H and O–H groups in total. The number of alkyl carbamates (subject to hydrolysis) is 1. The zero-order chi connectivity index (χ0) is 19.3. The van der Waals surface area contributed by atoms with Crippen molar-refractivity contribution in [3.05, 3.63) is 34.9 Å². The Kier molecular flexibility index (Phi) is 6.84. The number of aryl methyl sites for hydroxylation is 1. The van der Waals surface area contributed by atoms with Crippen LogP contribution < -0.4 is 5.32 Å². The zero-order valence-electron chi connectivity index (χ0n) is 14.6. The van der Waals surface area contributed by atoms with Crippen molar-refractivity contribution in [1.82, 2.24) is 5.32 Å². The van der Waals surface area contributed by atoms with Crippen LogP contribution in [0.4, 0.5) is 18.0 Å². The molecule has 1 aromatic carbocycles. The summed E-state index contributed by atoms with van der Waals surface area (Å²) in [6, 6.07) is 3.45. The maximum Gasteiger partial charge on any atom is 0.416 e. The first-order chi connectivity index (χ1) is 11.4. The number of carbonyl (C=O) groups excluding carboxylic acids is 2. The van der Waals surface area contributed by atoms with Crippen molar-refractivity contribution in [2.45, 2.75) is 52.5 Å². The van der Waals surface area contributed by atoms with Crippen molar-refractivity contribution < 1.29 is 32.2 Å².